The Hall–Kier alpha value is -1.06. The van der Waals surface area contributed by atoms with E-state index in [0.29, 0.717) is 18.6 Å². The predicted octanol–water partition coefficient (Wildman–Crippen LogP) is 2.87. The third-order valence-electron chi connectivity index (χ3n) is 3.50. The molecule has 0 spiro atoms. The van der Waals surface area contributed by atoms with E-state index in [2.05, 4.69) is 44.3 Å². The Labute approximate surface area is 109 Å². The average molecular weight is 249 g/mol. The summed E-state index contributed by atoms with van der Waals surface area (Å²) in [6.45, 7) is 8.07. The van der Waals surface area contributed by atoms with Crippen LogP contribution in [0.4, 0.5) is 0 Å². The Kier molecular flexibility index (Phi) is 4.25. The Balaban J connectivity index is 2.22. The van der Waals surface area contributed by atoms with Gasteiger partial charge in [-0.05, 0) is 24.5 Å². The first-order valence-corrected chi connectivity index (χ1v) is 6.64. The summed E-state index contributed by atoms with van der Waals surface area (Å²) in [6, 6.07) is 6.71. The summed E-state index contributed by atoms with van der Waals surface area (Å²) in [6.07, 6.45) is 0.294. The van der Waals surface area contributed by atoms with Crippen LogP contribution in [-0.4, -0.2) is 26.4 Å². The topological polar surface area (TPSA) is 30.5 Å². The lowest BCUT2D eigenvalue weighted by Crippen LogP contribution is -2.39. The number of hydrogen-bond acceptors (Lipinski definition) is 3. The van der Waals surface area contributed by atoms with Gasteiger partial charge in [0, 0.05) is 12.1 Å². The number of rotatable bonds is 3. The molecule has 3 heteroatoms. The monoisotopic (exact) mass is 249 g/mol. The summed E-state index contributed by atoms with van der Waals surface area (Å²) in [5.74, 6) is 1.47. The van der Waals surface area contributed by atoms with E-state index in [1.165, 1.54) is 11.1 Å². The first-order chi connectivity index (χ1) is 8.61. The lowest BCUT2D eigenvalue weighted by molar-refractivity contribution is 0.0144. The van der Waals surface area contributed by atoms with Crippen LogP contribution in [-0.2, 0) is 4.74 Å². The van der Waals surface area contributed by atoms with Gasteiger partial charge in [-0.25, -0.2) is 0 Å². The maximum Gasteiger partial charge on any atom is 0.124 e. The highest BCUT2D eigenvalue weighted by Crippen LogP contribution is 2.30. The van der Waals surface area contributed by atoms with Crippen LogP contribution in [0.2, 0.25) is 0 Å². The maximum atomic E-state index is 5.70. The zero-order valence-electron chi connectivity index (χ0n) is 11.7. The second kappa shape index (κ2) is 5.72. The molecular formula is C15H23NO2. The molecule has 100 valence electrons. The van der Waals surface area contributed by atoms with Crippen molar-refractivity contribution in [3.05, 3.63) is 29.3 Å². The minimum Gasteiger partial charge on any atom is -0.496 e. The molecule has 18 heavy (non-hydrogen) atoms. The molecule has 1 aliphatic heterocycles. The molecule has 2 atom stereocenters. The lowest BCUT2D eigenvalue weighted by atomic mass is 9.97. The molecule has 0 aliphatic carbocycles. The fourth-order valence-corrected chi connectivity index (χ4v) is 2.26. The molecule has 0 aromatic heterocycles. The molecule has 0 bridgehead atoms. The second-order valence-corrected chi connectivity index (χ2v) is 5.26. The summed E-state index contributed by atoms with van der Waals surface area (Å²) < 4.78 is 11.2. The SMILES string of the molecule is COc1cc(C(C)C)ccc1C1COC(C)CN1. The van der Waals surface area contributed by atoms with E-state index in [4.69, 9.17) is 9.47 Å². The third kappa shape index (κ3) is 2.85. The highest BCUT2D eigenvalue weighted by molar-refractivity contribution is 5.41. The van der Waals surface area contributed by atoms with E-state index < -0.39 is 0 Å². The van der Waals surface area contributed by atoms with E-state index >= 15 is 0 Å². The zero-order chi connectivity index (χ0) is 13.1. The Morgan fingerprint density at radius 3 is 2.72 bits per heavy atom. The smallest absolute Gasteiger partial charge is 0.124 e. The van der Waals surface area contributed by atoms with Gasteiger partial charge < -0.3 is 14.8 Å². The van der Waals surface area contributed by atoms with Gasteiger partial charge in [0.1, 0.15) is 5.75 Å². The Bertz CT molecular complexity index is 395. The standard InChI is InChI=1S/C15H23NO2/c1-10(2)12-5-6-13(15(7-12)17-4)14-9-18-11(3)8-16-14/h5-7,10-11,14,16H,8-9H2,1-4H3. The van der Waals surface area contributed by atoms with Crippen molar-refractivity contribution in [2.75, 3.05) is 20.3 Å². The number of benzene rings is 1. The average Bonchev–Trinajstić information content (AvgIpc) is 2.39. The quantitative estimate of drug-likeness (QED) is 0.893. The number of nitrogens with one attached hydrogen (secondary N) is 1. The van der Waals surface area contributed by atoms with Crippen LogP contribution in [0.3, 0.4) is 0 Å². The van der Waals surface area contributed by atoms with Crippen molar-refractivity contribution in [2.24, 2.45) is 0 Å². The van der Waals surface area contributed by atoms with E-state index in [-0.39, 0.29) is 6.04 Å². The Morgan fingerprint density at radius 1 is 1.39 bits per heavy atom. The maximum absolute atomic E-state index is 5.70. The van der Waals surface area contributed by atoms with Crippen molar-refractivity contribution in [1.82, 2.24) is 5.32 Å². The van der Waals surface area contributed by atoms with Gasteiger partial charge in [-0.15, -0.1) is 0 Å². The molecule has 1 heterocycles. The van der Waals surface area contributed by atoms with Crippen molar-refractivity contribution in [3.8, 4) is 5.75 Å². The fraction of sp³-hybridized carbons (Fsp3) is 0.600. The van der Waals surface area contributed by atoms with Gasteiger partial charge in [0.25, 0.3) is 0 Å². The molecule has 0 radical (unpaired) electrons. The summed E-state index contributed by atoms with van der Waals surface area (Å²) in [5.41, 5.74) is 2.49. The van der Waals surface area contributed by atoms with Crippen molar-refractivity contribution in [3.63, 3.8) is 0 Å². The molecule has 2 rings (SSSR count). The first-order valence-electron chi connectivity index (χ1n) is 6.64. The van der Waals surface area contributed by atoms with Crippen molar-refractivity contribution in [1.29, 1.82) is 0 Å². The van der Waals surface area contributed by atoms with Gasteiger partial charge in [0.2, 0.25) is 0 Å². The van der Waals surface area contributed by atoms with Crippen LogP contribution in [0.1, 0.15) is 43.9 Å². The van der Waals surface area contributed by atoms with Gasteiger partial charge >= 0.3 is 0 Å². The number of hydrogen-bond donors (Lipinski definition) is 1. The van der Waals surface area contributed by atoms with Crippen LogP contribution in [0, 0.1) is 0 Å². The second-order valence-electron chi connectivity index (χ2n) is 5.26. The van der Waals surface area contributed by atoms with Crippen molar-refractivity contribution >= 4 is 0 Å². The van der Waals surface area contributed by atoms with E-state index in [0.717, 1.165) is 12.3 Å². The number of morpholine rings is 1. The summed E-state index contributed by atoms with van der Waals surface area (Å²) in [5, 5.41) is 3.50. The zero-order valence-corrected chi connectivity index (χ0v) is 11.7. The van der Waals surface area contributed by atoms with Crippen LogP contribution in [0.5, 0.6) is 5.75 Å². The molecule has 1 N–H and O–H groups in total. The Morgan fingerprint density at radius 2 is 2.17 bits per heavy atom. The highest BCUT2D eigenvalue weighted by Gasteiger charge is 2.22. The number of ether oxygens (including phenoxy) is 2. The molecule has 3 nitrogen and oxygen atoms in total. The minimum atomic E-state index is 0.234. The highest BCUT2D eigenvalue weighted by atomic mass is 16.5. The third-order valence-corrected chi connectivity index (χ3v) is 3.50. The predicted molar refractivity (Wildman–Crippen MR) is 73.2 cm³/mol. The van der Waals surface area contributed by atoms with Gasteiger partial charge in [0.15, 0.2) is 0 Å². The molecule has 1 fully saturated rings. The first kappa shape index (κ1) is 13.4. The largest absolute Gasteiger partial charge is 0.496 e. The van der Waals surface area contributed by atoms with E-state index in [1.807, 2.05) is 0 Å². The van der Waals surface area contributed by atoms with E-state index in [9.17, 15) is 0 Å². The van der Waals surface area contributed by atoms with Crippen molar-refractivity contribution in [2.45, 2.75) is 38.8 Å². The van der Waals surface area contributed by atoms with Crippen LogP contribution in [0.15, 0.2) is 18.2 Å². The fourth-order valence-electron chi connectivity index (χ4n) is 2.26. The van der Waals surface area contributed by atoms with Crippen LogP contribution in [0.25, 0.3) is 0 Å². The molecule has 2 unspecified atom stereocenters. The molecule has 0 amide bonds. The molecule has 1 aromatic carbocycles. The van der Waals surface area contributed by atoms with Crippen molar-refractivity contribution < 1.29 is 9.47 Å². The van der Waals surface area contributed by atoms with Gasteiger partial charge in [0.05, 0.1) is 25.9 Å². The molecule has 0 saturated carbocycles. The minimum absolute atomic E-state index is 0.234. The molecular weight excluding hydrogens is 226 g/mol. The summed E-state index contributed by atoms with van der Waals surface area (Å²) in [7, 11) is 1.73. The molecule has 1 aliphatic rings. The van der Waals surface area contributed by atoms with Gasteiger partial charge in [-0.2, -0.15) is 0 Å². The number of methoxy groups -OCH3 is 1. The van der Waals surface area contributed by atoms with Gasteiger partial charge in [-0.3, -0.25) is 0 Å². The lowest BCUT2D eigenvalue weighted by Gasteiger charge is -2.29. The molecule has 1 saturated heterocycles. The van der Waals surface area contributed by atoms with E-state index in [1.54, 1.807) is 7.11 Å². The van der Waals surface area contributed by atoms with Crippen LogP contribution < -0.4 is 10.1 Å². The normalized spacial score (nSPS) is 24.3. The summed E-state index contributed by atoms with van der Waals surface area (Å²) in [4.78, 5) is 0. The van der Waals surface area contributed by atoms with Crippen LogP contribution >= 0.6 is 0 Å². The summed E-state index contributed by atoms with van der Waals surface area (Å²) >= 11 is 0. The van der Waals surface area contributed by atoms with Gasteiger partial charge in [-0.1, -0.05) is 26.0 Å². The molecule has 1 aromatic rings.